The molecule has 0 aliphatic carbocycles. The third kappa shape index (κ3) is 3.02. The van der Waals surface area contributed by atoms with Gasteiger partial charge in [0.1, 0.15) is 17.9 Å². The molecule has 0 saturated carbocycles. The molecule has 0 aliphatic heterocycles. The summed E-state index contributed by atoms with van der Waals surface area (Å²) < 4.78 is 15.6. The van der Waals surface area contributed by atoms with E-state index >= 15 is 0 Å². The standard InChI is InChI=1S/C15H19ClFN3O/c1-4-19(5-2)13(21)9-20-12-8-6-7-11(17)14(12)18-15(20)10(3)16/h6-8,10H,4-5,9H2,1-3H3. The number of imidazole rings is 1. The van der Waals surface area contributed by atoms with Crippen molar-refractivity contribution in [2.45, 2.75) is 32.7 Å². The molecular formula is C15H19ClFN3O. The first-order valence-electron chi connectivity index (χ1n) is 7.06. The van der Waals surface area contributed by atoms with Gasteiger partial charge in [0, 0.05) is 13.1 Å². The molecule has 1 unspecified atom stereocenters. The molecule has 0 fully saturated rings. The zero-order valence-electron chi connectivity index (χ0n) is 12.4. The molecule has 0 radical (unpaired) electrons. The van der Waals surface area contributed by atoms with Crippen LogP contribution in [0.5, 0.6) is 0 Å². The molecule has 1 aromatic heterocycles. The first-order chi connectivity index (χ1) is 9.99. The van der Waals surface area contributed by atoms with Crippen molar-refractivity contribution < 1.29 is 9.18 Å². The van der Waals surface area contributed by atoms with Gasteiger partial charge in [-0.15, -0.1) is 11.6 Å². The van der Waals surface area contributed by atoms with Crippen LogP contribution < -0.4 is 0 Å². The Labute approximate surface area is 128 Å². The number of carbonyl (C=O) groups is 1. The van der Waals surface area contributed by atoms with E-state index in [2.05, 4.69) is 4.98 Å². The molecule has 1 amide bonds. The molecule has 1 aromatic carbocycles. The number of rotatable bonds is 5. The Morgan fingerprint density at radius 3 is 2.67 bits per heavy atom. The highest BCUT2D eigenvalue weighted by Crippen LogP contribution is 2.26. The molecule has 21 heavy (non-hydrogen) atoms. The van der Waals surface area contributed by atoms with E-state index in [9.17, 15) is 9.18 Å². The van der Waals surface area contributed by atoms with Gasteiger partial charge >= 0.3 is 0 Å². The number of likely N-dealkylation sites (N-methyl/N-ethyl adjacent to an activating group) is 1. The van der Waals surface area contributed by atoms with Crippen molar-refractivity contribution in [2.75, 3.05) is 13.1 Å². The van der Waals surface area contributed by atoms with Crippen LogP contribution in [-0.2, 0) is 11.3 Å². The molecule has 4 nitrogen and oxygen atoms in total. The van der Waals surface area contributed by atoms with Crippen LogP contribution in [0.15, 0.2) is 18.2 Å². The van der Waals surface area contributed by atoms with E-state index in [4.69, 9.17) is 11.6 Å². The maximum atomic E-state index is 13.9. The van der Waals surface area contributed by atoms with Crippen LogP contribution in [-0.4, -0.2) is 33.4 Å². The molecular weight excluding hydrogens is 293 g/mol. The number of para-hydroxylation sites is 1. The van der Waals surface area contributed by atoms with Crippen molar-refractivity contribution in [1.82, 2.24) is 14.5 Å². The second kappa shape index (κ2) is 6.43. The fourth-order valence-electron chi connectivity index (χ4n) is 2.41. The summed E-state index contributed by atoms with van der Waals surface area (Å²) in [5.41, 5.74) is 0.852. The number of alkyl halides is 1. The third-order valence-electron chi connectivity index (χ3n) is 3.52. The smallest absolute Gasteiger partial charge is 0.242 e. The number of halogens is 2. The van der Waals surface area contributed by atoms with Gasteiger partial charge in [0.15, 0.2) is 5.82 Å². The third-order valence-corrected chi connectivity index (χ3v) is 3.72. The Hall–Kier alpha value is -1.62. The maximum Gasteiger partial charge on any atom is 0.242 e. The first kappa shape index (κ1) is 15.8. The quantitative estimate of drug-likeness (QED) is 0.794. The number of nitrogens with zero attached hydrogens (tertiary/aromatic N) is 3. The van der Waals surface area contributed by atoms with Gasteiger partial charge in [-0.05, 0) is 32.9 Å². The molecule has 2 aromatic rings. The van der Waals surface area contributed by atoms with Gasteiger partial charge in [-0.3, -0.25) is 4.79 Å². The van der Waals surface area contributed by atoms with Gasteiger partial charge in [0.05, 0.1) is 10.9 Å². The van der Waals surface area contributed by atoms with Crippen LogP contribution in [0.1, 0.15) is 32.0 Å². The number of benzene rings is 1. The summed E-state index contributed by atoms with van der Waals surface area (Å²) >= 11 is 6.13. The second-order valence-corrected chi connectivity index (χ2v) is 5.50. The molecule has 6 heteroatoms. The van der Waals surface area contributed by atoms with Gasteiger partial charge in [0.25, 0.3) is 0 Å². The Kier molecular flexibility index (Phi) is 4.83. The van der Waals surface area contributed by atoms with Gasteiger partial charge < -0.3 is 9.47 Å². The first-order valence-corrected chi connectivity index (χ1v) is 7.49. The highest BCUT2D eigenvalue weighted by molar-refractivity contribution is 6.20. The van der Waals surface area contributed by atoms with Crippen LogP contribution in [0.25, 0.3) is 11.0 Å². The minimum absolute atomic E-state index is 0.0258. The average Bonchev–Trinajstić information content (AvgIpc) is 2.81. The summed E-state index contributed by atoms with van der Waals surface area (Å²) in [5.74, 6) is 0.0829. The number of hydrogen-bond donors (Lipinski definition) is 0. The average molecular weight is 312 g/mol. The van der Waals surface area contributed by atoms with Crippen molar-refractivity contribution in [2.24, 2.45) is 0 Å². The van der Waals surface area contributed by atoms with E-state index in [1.165, 1.54) is 6.07 Å². The summed E-state index contributed by atoms with van der Waals surface area (Å²) in [6, 6.07) is 4.72. The SMILES string of the molecule is CCN(CC)C(=O)Cn1c(C(C)Cl)nc2c(F)cccc21. The predicted octanol–water partition coefficient (Wildman–Crippen LogP) is 3.34. The normalized spacial score (nSPS) is 12.6. The highest BCUT2D eigenvalue weighted by Gasteiger charge is 2.20. The highest BCUT2D eigenvalue weighted by atomic mass is 35.5. The van der Waals surface area contributed by atoms with Gasteiger partial charge in [-0.1, -0.05) is 6.07 Å². The second-order valence-electron chi connectivity index (χ2n) is 4.85. The van der Waals surface area contributed by atoms with Crippen LogP contribution in [0, 0.1) is 5.82 Å². The number of hydrogen-bond acceptors (Lipinski definition) is 2. The monoisotopic (exact) mass is 311 g/mol. The molecule has 0 aliphatic rings. The molecule has 1 heterocycles. The van der Waals surface area contributed by atoms with Crippen molar-refractivity contribution >= 4 is 28.5 Å². The lowest BCUT2D eigenvalue weighted by Gasteiger charge is -2.20. The van der Waals surface area contributed by atoms with Gasteiger partial charge in [0.2, 0.25) is 5.91 Å². The van der Waals surface area contributed by atoms with E-state index in [0.717, 1.165) is 0 Å². The molecule has 2 rings (SSSR count). The van der Waals surface area contributed by atoms with Crippen molar-refractivity contribution in [3.8, 4) is 0 Å². The molecule has 1 atom stereocenters. The van der Waals surface area contributed by atoms with Crippen molar-refractivity contribution in [3.05, 3.63) is 29.8 Å². The molecule has 0 bridgehead atoms. The van der Waals surface area contributed by atoms with Gasteiger partial charge in [-0.2, -0.15) is 0 Å². The molecule has 114 valence electrons. The van der Waals surface area contributed by atoms with E-state index in [1.807, 2.05) is 13.8 Å². The lowest BCUT2D eigenvalue weighted by molar-refractivity contribution is -0.131. The zero-order valence-corrected chi connectivity index (χ0v) is 13.2. The zero-order chi connectivity index (χ0) is 15.6. The Morgan fingerprint density at radius 1 is 1.43 bits per heavy atom. The van der Waals surface area contributed by atoms with E-state index in [0.29, 0.717) is 24.4 Å². The summed E-state index contributed by atoms with van der Waals surface area (Å²) in [7, 11) is 0. The number of fused-ring (bicyclic) bond motifs is 1. The van der Waals surface area contributed by atoms with E-state index in [1.54, 1.807) is 28.5 Å². The van der Waals surface area contributed by atoms with Crippen LogP contribution >= 0.6 is 11.6 Å². The molecule has 0 saturated heterocycles. The fourth-order valence-corrected chi connectivity index (χ4v) is 2.58. The van der Waals surface area contributed by atoms with Crippen LogP contribution in [0.4, 0.5) is 4.39 Å². The fraction of sp³-hybridized carbons (Fsp3) is 0.467. The van der Waals surface area contributed by atoms with Crippen LogP contribution in [0.3, 0.4) is 0 Å². The summed E-state index contributed by atoms with van der Waals surface area (Å²) in [6.45, 7) is 7.02. The van der Waals surface area contributed by atoms with Crippen LogP contribution in [0.2, 0.25) is 0 Å². The summed E-state index contributed by atoms with van der Waals surface area (Å²) in [5, 5.41) is -0.402. The minimum Gasteiger partial charge on any atom is -0.342 e. The lowest BCUT2D eigenvalue weighted by atomic mass is 10.3. The summed E-state index contributed by atoms with van der Waals surface area (Å²) in [4.78, 5) is 18.3. The number of aromatic nitrogens is 2. The largest absolute Gasteiger partial charge is 0.342 e. The Morgan fingerprint density at radius 2 is 2.10 bits per heavy atom. The van der Waals surface area contributed by atoms with E-state index in [-0.39, 0.29) is 18.0 Å². The summed E-state index contributed by atoms with van der Waals surface area (Å²) in [6.07, 6.45) is 0. The van der Waals surface area contributed by atoms with E-state index < -0.39 is 11.2 Å². The number of amides is 1. The molecule has 0 N–H and O–H groups in total. The van der Waals surface area contributed by atoms with Gasteiger partial charge in [-0.25, -0.2) is 9.37 Å². The topological polar surface area (TPSA) is 38.1 Å². The lowest BCUT2D eigenvalue weighted by Crippen LogP contribution is -2.33. The Bertz CT molecular complexity index is 650. The Balaban J connectivity index is 2.49. The predicted molar refractivity (Wildman–Crippen MR) is 81.9 cm³/mol. The molecule has 0 spiro atoms. The number of carbonyl (C=O) groups excluding carboxylic acids is 1. The minimum atomic E-state index is -0.403. The van der Waals surface area contributed by atoms with Crippen molar-refractivity contribution in [1.29, 1.82) is 0 Å². The van der Waals surface area contributed by atoms with Crippen molar-refractivity contribution in [3.63, 3.8) is 0 Å². The maximum absolute atomic E-state index is 13.9.